The lowest BCUT2D eigenvalue weighted by molar-refractivity contribution is 0.173. The molecular weight excluding hydrogens is 220 g/mol. The van der Waals surface area contributed by atoms with E-state index in [1.165, 1.54) is 49.0 Å². The van der Waals surface area contributed by atoms with Gasteiger partial charge in [-0.1, -0.05) is 18.2 Å². The molecule has 0 aromatic heterocycles. The molecule has 2 heteroatoms. The summed E-state index contributed by atoms with van der Waals surface area (Å²) in [5, 5.41) is 0. The van der Waals surface area contributed by atoms with E-state index in [2.05, 4.69) is 36.9 Å². The lowest BCUT2D eigenvalue weighted by atomic mass is 9.93. The summed E-state index contributed by atoms with van der Waals surface area (Å²) in [5.74, 6) is 0.867. The summed E-state index contributed by atoms with van der Waals surface area (Å²) in [5.41, 5.74) is 9.89. The van der Waals surface area contributed by atoms with Gasteiger partial charge in [-0.15, -0.1) is 0 Å². The quantitative estimate of drug-likeness (QED) is 0.885. The fourth-order valence-electron chi connectivity index (χ4n) is 2.83. The van der Waals surface area contributed by atoms with Crippen LogP contribution in [0, 0.1) is 19.8 Å². The first-order valence-electron chi connectivity index (χ1n) is 7.17. The van der Waals surface area contributed by atoms with Crippen molar-refractivity contribution in [2.45, 2.75) is 39.7 Å². The van der Waals surface area contributed by atoms with Gasteiger partial charge >= 0.3 is 0 Å². The van der Waals surface area contributed by atoms with E-state index in [1.807, 2.05) is 0 Å². The van der Waals surface area contributed by atoms with E-state index in [9.17, 15) is 0 Å². The van der Waals surface area contributed by atoms with Crippen molar-refractivity contribution in [2.75, 3.05) is 19.6 Å². The van der Waals surface area contributed by atoms with E-state index in [0.717, 1.165) is 19.0 Å². The van der Waals surface area contributed by atoms with Gasteiger partial charge in [0.25, 0.3) is 0 Å². The van der Waals surface area contributed by atoms with Crippen LogP contribution in [-0.2, 0) is 6.54 Å². The number of likely N-dealkylation sites (tertiary alicyclic amines) is 1. The smallest absolute Gasteiger partial charge is 0.0233 e. The monoisotopic (exact) mass is 246 g/mol. The predicted octanol–water partition coefficient (Wildman–Crippen LogP) is 2.86. The average Bonchev–Trinajstić information content (AvgIpc) is 2.37. The Kier molecular flexibility index (Phi) is 4.79. The summed E-state index contributed by atoms with van der Waals surface area (Å²) >= 11 is 0. The number of aryl methyl sites for hydroxylation is 2. The molecule has 0 spiro atoms. The second kappa shape index (κ2) is 6.35. The van der Waals surface area contributed by atoms with Crippen LogP contribution in [0.4, 0.5) is 0 Å². The Bertz CT molecular complexity index is 379. The number of piperidine rings is 1. The summed E-state index contributed by atoms with van der Waals surface area (Å²) in [6.45, 7) is 8.80. The number of benzene rings is 1. The largest absolute Gasteiger partial charge is 0.330 e. The highest BCUT2D eigenvalue weighted by Gasteiger charge is 2.18. The SMILES string of the molecule is Cc1ccc(CN2CCC(CCN)CC2)cc1C. The van der Waals surface area contributed by atoms with E-state index in [4.69, 9.17) is 5.73 Å². The highest BCUT2D eigenvalue weighted by Crippen LogP contribution is 2.21. The molecule has 0 bridgehead atoms. The normalized spacial score (nSPS) is 18.2. The van der Waals surface area contributed by atoms with Gasteiger partial charge in [0, 0.05) is 6.54 Å². The van der Waals surface area contributed by atoms with Gasteiger partial charge in [-0.25, -0.2) is 0 Å². The minimum absolute atomic E-state index is 0.849. The summed E-state index contributed by atoms with van der Waals surface area (Å²) < 4.78 is 0. The molecule has 0 atom stereocenters. The molecule has 1 fully saturated rings. The van der Waals surface area contributed by atoms with Gasteiger partial charge in [0.1, 0.15) is 0 Å². The molecule has 1 heterocycles. The predicted molar refractivity (Wildman–Crippen MR) is 77.6 cm³/mol. The molecule has 1 saturated heterocycles. The number of hydrogen-bond donors (Lipinski definition) is 1. The van der Waals surface area contributed by atoms with Crippen LogP contribution >= 0.6 is 0 Å². The van der Waals surface area contributed by atoms with Crippen molar-refractivity contribution in [3.8, 4) is 0 Å². The third-order valence-electron chi connectivity index (χ3n) is 4.26. The number of rotatable bonds is 4. The van der Waals surface area contributed by atoms with Crippen LogP contribution in [0.3, 0.4) is 0 Å². The molecule has 1 aliphatic rings. The first kappa shape index (κ1) is 13.6. The summed E-state index contributed by atoms with van der Waals surface area (Å²) in [4.78, 5) is 2.58. The molecule has 100 valence electrons. The lowest BCUT2D eigenvalue weighted by Gasteiger charge is -2.31. The Balaban J connectivity index is 1.85. The zero-order chi connectivity index (χ0) is 13.0. The molecule has 0 radical (unpaired) electrons. The number of nitrogens with two attached hydrogens (primary N) is 1. The van der Waals surface area contributed by atoms with Crippen molar-refractivity contribution in [3.05, 3.63) is 34.9 Å². The fourth-order valence-corrected chi connectivity index (χ4v) is 2.83. The highest BCUT2D eigenvalue weighted by atomic mass is 15.1. The third-order valence-corrected chi connectivity index (χ3v) is 4.26. The third kappa shape index (κ3) is 3.56. The van der Waals surface area contributed by atoms with Gasteiger partial charge < -0.3 is 5.73 Å². The molecule has 0 unspecified atom stereocenters. The van der Waals surface area contributed by atoms with Crippen molar-refractivity contribution in [2.24, 2.45) is 11.7 Å². The first-order valence-corrected chi connectivity index (χ1v) is 7.17. The number of nitrogens with zero attached hydrogens (tertiary/aromatic N) is 1. The van der Waals surface area contributed by atoms with Gasteiger partial charge in [-0.2, -0.15) is 0 Å². The molecule has 0 amide bonds. The molecule has 2 rings (SSSR count). The number of hydrogen-bond acceptors (Lipinski definition) is 2. The van der Waals surface area contributed by atoms with E-state index in [-0.39, 0.29) is 0 Å². The van der Waals surface area contributed by atoms with Crippen LogP contribution in [0.2, 0.25) is 0 Å². The van der Waals surface area contributed by atoms with Crippen molar-refractivity contribution in [3.63, 3.8) is 0 Å². The van der Waals surface area contributed by atoms with Crippen molar-refractivity contribution in [1.82, 2.24) is 4.90 Å². The van der Waals surface area contributed by atoms with E-state index >= 15 is 0 Å². The summed E-state index contributed by atoms with van der Waals surface area (Å²) in [6.07, 6.45) is 3.85. The molecule has 0 saturated carbocycles. The van der Waals surface area contributed by atoms with Crippen molar-refractivity contribution >= 4 is 0 Å². The van der Waals surface area contributed by atoms with Gasteiger partial charge in [-0.3, -0.25) is 4.90 Å². The van der Waals surface area contributed by atoms with Crippen LogP contribution in [-0.4, -0.2) is 24.5 Å². The molecule has 18 heavy (non-hydrogen) atoms. The fraction of sp³-hybridized carbons (Fsp3) is 0.625. The minimum atomic E-state index is 0.849. The first-order chi connectivity index (χ1) is 8.69. The van der Waals surface area contributed by atoms with E-state index in [1.54, 1.807) is 0 Å². The van der Waals surface area contributed by atoms with Gasteiger partial charge in [-0.05, 0) is 75.4 Å². The Morgan fingerprint density at radius 2 is 1.89 bits per heavy atom. The van der Waals surface area contributed by atoms with Gasteiger partial charge in [0.05, 0.1) is 0 Å². The van der Waals surface area contributed by atoms with Crippen LogP contribution in [0.5, 0.6) is 0 Å². The second-order valence-electron chi connectivity index (χ2n) is 5.72. The Morgan fingerprint density at radius 3 is 2.50 bits per heavy atom. The maximum absolute atomic E-state index is 5.63. The molecule has 1 aromatic carbocycles. The van der Waals surface area contributed by atoms with Gasteiger partial charge in [0.2, 0.25) is 0 Å². The zero-order valence-corrected chi connectivity index (χ0v) is 11.8. The Morgan fingerprint density at radius 1 is 1.17 bits per heavy atom. The van der Waals surface area contributed by atoms with Crippen LogP contribution in [0.25, 0.3) is 0 Å². The van der Waals surface area contributed by atoms with Crippen molar-refractivity contribution in [1.29, 1.82) is 0 Å². The van der Waals surface area contributed by atoms with Crippen LogP contribution < -0.4 is 5.73 Å². The molecular formula is C16H26N2. The standard InChI is InChI=1S/C16H26N2/c1-13-3-4-16(11-14(13)2)12-18-9-6-15(5-8-17)7-10-18/h3-4,11,15H,5-10,12,17H2,1-2H3. The average molecular weight is 246 g/mol. The van der Waals surface area contributed by atoms with Crippen molar-refractivity contribution < 1.29 is 0 Å². The zero-order valence-electron chi connectivity index (χ0n) is 11.8. The molecule has 0 aliphatic carbocycles. The van der Waals surface area contributed by atoms with Gasteiger partial charge in [0.15, 0.2) is 0 Å². The Hall–Kier alpha value is -0.860. The molecule has 1 aromatic rings. The Labute approximate surface area is 111 Å². The topological polar surface area (TPSA) is 29.3 Å². The minimum Gasteiger partial charge on any atom is -0.330 e. The summed E-state index contributed by atoms with van der Waals surface area (Å²) in [6, 6.07) is 6.85. The van der Waals surface area contributed by atoms with Crippen LogP contribution in [0.15, 0.2) is 18.2 Å². The summed E-state index contributed by atoms with van der Waals surface area (Å²) in [7, 11) is 0. The lowest BCUT2D eigenvalue weighted by Crippen LogP contribution is -2.33. The molecule has 2 nitrogen and oxygen atoms in total. The maximum atomic E-state index is 5.63. The highest BCUT2D eigenvalue weighted by molar-refractivity contribution is 5.29. The molecule has 1 aliphatic heterocycles. The van der Waals surface area contributed by atoms with E-state index < -0.39 is 0 Å². The van der Waals surface area contributed by atoms with Crippen LogP contribution in [0.1, 0.15) is 36.0 Å². The molecule has 2 N–H and O–H groups in total. The second-order valence-corrected chi connectivity index (χ2v) is 5.72. The maximum Gasteiger partial charge on any atom is 0.0233 e. The van der Waals surface area contributed by atoms with E-state index in [0.29, 0.717) is 0 Å².